The van der Waals surface area contributed by atoms with Crippen LogP contribution in [0.3, 0.4) is 0 Å². The molecule has 0 aliphatic carbocycles. The molecule has 20 heavy (non-hydrogen) atoms. The van der Waals surface area contributed by atoms with Gasteiger partial charge in [-0.2, -0.15) is 0 Å². The van der Waals surface area contributed by atoms with Crippen LogP contribution in [0.4, 0.5) is 5.69 Å². The highest BCUT2D eigenvalue weighted by Gasteiger charge is 2.20. The van der Waals surface area contributed by atoms with Crippen molar-refractivity contribution in [2.45, 2.75) is 13.3 Å². The van der Waals surface area contributed by atoms with Gasteiger partial charge in [0.15, 0.2) is 0 Å². The molecule has 0 atom stereocenters. The summed E-state index contributed by atoms with van der Waals surface area (Å²) in [6, 6.07) is 3.57. The van der Waals surface area contributed by atoms with Gasteiger partial charge in [0.25, 0.3) is 11.6 Å². The van der Waals surface area contributed by atoms with E-state index in [0.717, 1.165) is 6.07 Å². The molecule has 0 saturated heterocycles. The quantitative estimate of drug-likeness (QED) is 0.641. The number of carboxylic acid groups (broad SMARTS) is 1. The Labute approximate surface area is 119 Å². The molecule has 0 unspecified atom stereocenters. The van der Waals surface area contributed by atoms with Crippen molar-refractivity contribution in [1.29, 1.82) is 0 Å². The van der Waals surface area contributed by atoms with Crippen LogP contribution in [0.1, 0.15) is 23.7 Å². The zero-order valence-electron chi connectivity index (χ0n) is 10.7. The molecule has 7 nitrogen and oxygen atoms in total. The van der Waals surface area contributed by atoms with Gasteiger partial charge in [0.2, 0.25) is 0 Å². The Morgan fingerprint density at radius 2 is 2.10 bits per heavy atom. The number of nitrogens with zero attached hydrogens (tertiary/aromatic N) is 2. The van der Waals surface area contributed by atoms with E-state index in [1.54, 1.807) is 6.92 Å². The summed E-state index contributed by atoms with van der Waals surface area (Å²) in [5.41, 5.74) is -0.250. The molecule has 1 amide bonds. The maximum Gasteiger partial charge on any atom is 0.305 e. The largest absolute Gasteiger partial charge is 0.481 e. The lowest BCUT2D eigenvalue weighted by Gasteiger charge is -2.20. The highest BCUT2D eigenvalue weighted by Crippen LogP contribution is 2.23. The van der Waals surface area contributed by atoms with Crippen molar-refractivity contribution in [2.24, 2.45) is 0 Å². The van der Waals surface area contributed by atoms with E-state index in [4.69, 9.17) is 16.7 Å². The number of rotatable bonds is 6. The minimum atomic E-state index is -1.03. The second kappa shape index (κ2) is 6.85. The predicted octanol–water partition coefficient (Wildman–Crippen LogP) is 2.18. The van der Waals surface area contributed by atoms with Crippen LogP contribution < -0.4 is 0 Å². The van der Waals surface area contributed by atoms with Gasteiger partial charge in [-0.3, -0.25) is 19.7 Å². The number of hydrogen-bond acceptors (Lipinski definition) is 4. The third-order valence-electron chi connectivity index (χ3n) is 2.66. The molecule has 0 aliphatic rings. The molecule has 8 heteroatoms. The van der Waals surface area contributed by atoms with Gasteiger partial charge in [-0.05, 0) is 13.0 Å². The lowest BCUT2D eigenvalue weighted by Crippen LogP contribution is -2.33. The normalized spacial score (nSPS) is 10.1. The number of carbonyl (C=O) groups excluding carboxylic acids is 1. The molecular formula is C12H13ClN2O5. The van der Waals surface area contributed by atoms with E-state index in [9.17, 15) is 19.7 Å². The van der Waals surface area contributed by atoms with Crippen LogP contribution >= 0.6 is 11.6 Å². The van der Waals surface area contributed by atoms with Crippen molar-refractivity contribution < 1.29 is 19.6 Å². The maximum absolute atomic E-state index is 12.2. The molecule has 0 aromatic heterocycles. The molecule has 0 saturated carbocycles. The van der Waals surface area contributed by atoms with Crippen LogP contribution in [0.15, 0.2) is 18.2 Å². The number of amides is 1. The highest BCUT2D eigenvalue weighted by atomic mass is 35.5. The molecule has 0 bridgehead atoms. The minimum absolute atomic E-state index is 0.00638. The molecule has 0 fully saturated rings. The number of halogens is 1. The molecule has 0 heterocycles. The molecule has 0 aliphatic heterocycles. The Bertz CT molecular complexity index is 547. The van der Waals surface area contributed by atoms with Crippen molar-refractivity contribution in [3.63, 3.8) is 0 Å². The third kappa shape index (κ3) is 3.92. The fourth-order valence-electron chi connectivity index (χ4n) is 1.59. The first kappa shape index (κ1) is 15.9. The summed E-state index contributed by atoms with van der Waals surface area (Å²) in [4.78, 5) is 34.1. The molecule has 0 radical (unpaired) electrons. The van der Waals surface area contributed by atoms with Crippen molar-refractivity contribution >= 4 is 29.2 Å². The number of aliphatic carboxylic acids is 1. The summed E-state index contributed by atoms with van der Waals surface area (Å²) in [5.74, 6) is -1.55. The Hall–Kier alpha value is -2.15. The first-order chi connectivity index (χ1) is 9.36. The summed E-state index contributed by atoms with van der Waals surface area (Å²) in [7, 11) is 0. The molecular weight excluding hydrogens is 288 g/mol. The number of non-ortho nitro benzene ring substituents is 1. The molecule has 0 spiro atoms. The van der Waals surface area contributed by atoms with E-state index in [1.807, 2.05) is 0 Å². The van der Waals surface area contributed by atoms with Gasteiger partial charge in [-0.15, -0.1) is 0 Å². The zero-order chi connectivity index (χ0) is 15.3. The van der Waals surface area contributed by atoms with Gasteiger partial charge < -0.3 is 10.0 Å². The van der Waals surface area contributed by atoms with Crippen molar-refractivity contribution in [3.05, 3.63) is 38.9 Å². The summed E-state index contributed by atoms with van der Waals surface area (Å²) >= 11 is 5.87. The Morgan fingerprint density at radius 3 is 2.60 bits per heavy atom. The monoisotopic (exact) mass is 300 g/mol. The van der Waals surface area contributed by atoms with Crippen LogP contribution in [0.25, 0.3) is 0 Å². The zero-order valence-corrected chi connectivity index (χ0v) is 11.5. The minimum Gasteiger partial charge on any atom is -0.481 e. The summed E-state index contributed by atoms with van der Waals surface area (Å²) in [6.45, 7) is 1.99. The van der Waals surface area contributed by atoms with Crippen LogP contribution in [0, 0.1) is 10.1 Å². The summed E-state index contributed by atoms with van der Waals surface area (Å²) < 4.78 is 0. The van der Waals surface area contributed by atoms with E-state index in [1.165, 1.54) is 17.0 Å². The fraction of sp³-hybridized carbons (Fsp3) is 0.333. The number of hydrogen-bond donors (Lipinski definition) is 1. The second-order valence-electron chi connectivity index (χ2n) is 3.95. The Morgan fingerprint density at radius 1 is 1.45 bits per heavy atom. The highest BCUT2D eigenvalue weighted by molar-refractivity contribution is 6.33. The topological polar surface area (TPSA) is 101 Å². The smallest absolute Gasteiger partial charge is 0.305 e. The van der Waals surface area contributed by atoms with E-state index in [0.29, 0.717) is 0 Å². The first-order valence-electron chi connectivity index (χ1n) is 5.81. The second-order valence-corrected chi connectivity index (χ2v) is 4.36. The third-order valence-corrected chi connectivity index (χ3v) is 2.99. The van der Waals surface area contributed by atoms with E-state index >= 15 is 0 Å². The summed E-state index contributed by atoms with van der Waals surface area (Å²) in [5, 5.41) is 19.4. The molecule has 1 rings (SSSR count). The summed E-state index contributed by atoms with van der Waals surface area (Å²) in [6.07, 6.45) is -0.202. The van der Waals surface area contributed by atoms with Crippen molar-refractivity contribution in [1.82, 2.24) is 4.90 Å². The van der Waals surface area contributed by atoms with Gasteiger partial charge >= 0.3 is 5.97 Å². The van der Waals surface area contributed by atoms with Gasteiger partial charge in [0.05, 0.1) is 21.9 Å². The average molecular weight is 301 g/mol. The van der Waals surface area contributed by atoms with E-state index in [-0.39, 0.29) is 35.8 Å². The molecule has 1 N–H and O–H groups in total. The maximum atomic E-state index is 12.2. The number of carbonyl (C=O) groups is 2. The molecule has 1 aromatic rings. The van der Waals surface area contributed by atoms with Gasteiger partial charge in [-0.1, -0.05) is 11.6 Å². The van der Waals surface area contributed by atoms with E-state index in [2.05, 4.69) is 0 Å². The number of carboxylic acids is 1. The van der Waals surface area contributed by atoms with Gasteiger partial charge in [-0.25, -0.2) is 0 Å². The van der Waals surface area contributed by atoms with Crippen LogP contribution in [-0.2, 0) is 4.79 Å². The SMILES string of the molecule is CCN(CCC(=O)O)C(=O)c1cc([N+](=O)[O-])ccc1Cl. The molecule has 1 aromatic carbocycles. The average Bonchev–Trinajstić information content (AvgIpc) is 2.39. The van der Waals surface area contributed by atoms with E-state index < -0.39 is 16.8 Å². The Balaban J connectivity index is 3.02. The van der Waals surface area contributed by atoms with Crippen LogP contribution in [-0.4, -0.2) is 39.9 Å². The van der Waals surface area contributed by atoms with Crippen molar-refractivity contribution in [3.8, 4) is 0 Å². The van der Waals surface area contributed by atoms with Crippen LogP contribution in [0.2, 0.25) is 5.02 Å². The lowest BCUT2D eigenvalue weighted by atomic mass is 10.1. The molecule has 108 valence electrons. The number of nitro groups is 1. The fourth-order valence-corrected chi connectivity index (χ4v) is 1.79. The Kier molecular flexibility index (Phi) is 5.45. The van der Waals surface area contributed by atoms with Gasteiger partial charge in [0.1, 0.15) is 0 Å². The van der Waals surface area contributed by atoms with Crippen LogP contribution in [0.5, 0.6) is 0 Å². The number of benzene rings is 1. The van der Waals surface area contributed by atoms with Crippen molar-refractivity contribution in [2.75, 3.05) is 13.1 Å². The predicted molar refractivity (Wildman–Crippen MR) is 71.9 cm³/mol. The standard InChI is InChI=1S/C12H13ClN2O5/c1-2-14(6-5-11(16)17)12(18)9-7-8(15(19)20)3-4-10(9)13/h3-4,7H,2,5-6H2,1H3,(H,16,17). The van der Waals surface area contributed by atoms with Gasteiger partial charge in [0, 0.05) is 25.2 Å². The first-order valence-corrected chi connectivity index (χ1v) is 6.19. The number of nitro benzene ring substituents is 1. The lowest BCUT2D eigenvalue weighted by molar-refractivity contribution is -0.384.